The van der Waals surface area contributed by atoms with Crippen LogP contribution in [0.25, 0.3) is 0 Å². The Balaban J connectivity index is 3.25. The Morgan fingerprint density at radius 3 is 2.62 bits per heavy atom. The smallest absolute Gasteiger partial charge is 0.283 e. The summed E-state index contributed by atoms with van der Waals surface area (Å²) in [5.41, 5.74) is 4.55. The van der Waals surface area contributed by atoms with E-state index < -0.39 is 17.9 Å². The minimum Gasteiger partial charge on any atom is -0.325 e. The van der Waals surface area contributed by atoms with E-state index >= 15 is 0 Å². The normalized spacial score (nSPS) is 10.9. The highest BCUT2D eigenvalue weighted by atomic mass is 79.9. The summed E-state index contributed by atoms with van der Waals surface area (Å²) in [7, 11) is 0. The maximum absolute atomic E-state index is 12.9. The van der Waals surface area contributed by atoms with Crippen molar-refractivity contribution < 1.29 is 13.2 Å². The van der Waals surface area contributed by atoms with Crippen molar-refractivity contribution in [2.45, 2.75) is 13.0 Å². The maximum atomic E-state index is 12.9. The molecule has 0 aliphatic rings. The van der Waals surface area contributed by atoms with Gasteiger partial charge in [-0.1, -0.05) is 0 Å². The number of hydrogen-bond donors (Lipinski definition) is 1. The van der Waals surface area contributed by atoms with E-state index in [1.165, 1.54) is 6.07 Å². The molecular weight excluding hydrogens is 249 g/mol. The zero-order chi connectivity index (χ0) is 10.0. The monoisotopic (exact) mass is 254 g/mol. The van der Waals surface area contributed by atoms with Gasteiger partial charge in [0.25, 0.3) is 6.43 Å². The van der Waals surface area contributed by atoms with Crippen molar-refractivity contribution >= 4 is 15.9 Å². The first-order valence-corrected chi connectivity index (χ1v) is 4.18. The average Bonchev–Trinajstić information content (AvgIpc) is 2.09. The number of pyridine rings is 1. The van der Waals surface area contributed by atoms with Crippen molar-refractivity contribution in [1.29, 1.82) is 0 Å². The van der Waals surface area contributed by atoms with E-state index in [9.17, 15) is 13.2 Å². The Morgan fingerprint density at radius 2 is 2.15 bits per heavy atom. The van der Waals surface area contributed by atoms with Crippen LogP contribution in [0.1, 0.15) is 17.8 Å². The van der Waals surface area contributed by atoms with Gasteiger partial charge in [0.05, 0.1) is 10.2 Å². The number of aromatic nitrogens is 1. The van der Waals surface area contributed by atoms with Gasteiger partial charge in [0.1, 0.15) is 5.69 Å². The molecule has 2 nitrogen and oxygen atoms in total. The SMILES string of the molecule is NCc1cc(Br)c(F)c(C(F)F)n1. The molecule has 72 valence electrons. The van der Waals surface area contributed by atoms with Gasteiger partial charge >= 0.3 is 0 Å². The molecule has 1 rings (SSSR count). The number of hydrogen-bond acceptors (Lipinski definition) is 2. The summed E-state index contributed by atoms with van der Waals surface area (Å²) in [5, 5.41) is 0. The van der Waals surface area contributed by atoms with Gasteiger partial charge in [-0.2, -0.15) is 0 Å². The molecule has 0 atom stereocenters. The first-order valence-electron chi connectivity index (χ1n) is 3.39. The molecule has 2 N–H and O–H groups in total. The van der Waals surface area contributed by atoms with Crippen LogP contribution in [0.2, 0.25) is 0 Å². The topological polar surface area (TPSA) is 38.9 Å². The molecule has 1 heterocycles. The van der Waals surface area contributed by atoms with Crippen molar-refractivity contribution in [2.24, 2.45) is 5.73 Å². The lowest BCUT2D eigenvalue weighted by atomic mass is 10.3. The molecule has 0 unspecified atom stereocenters. The summed E-state index contributed by atoms with van der Waals surface area (Å²) in [4.78, 5) is 3.37. The predicted molar refractivity (Wildman–Crippen MR) is 44.7 cm³/mol. The quantitative estimate of drug-likeness (QED) is 0.881. The molecule has 0 fully saturated rings. The van der Waals surface area contributed by atoms with Crippen molar-refractivity contribution in [3.05, 3.63) is 27.7 Å². The van der Waals surface area contributed by atoms with E-state index in [4.69, 9.17) is 5.73 Å². The van der Waals surface area contributed by atoms with E-state index in [-0.39, 0.29) is 16.7 Å². The first kappa shape index (κ1) is 10.5. The van der Waals surface area contributed by atoms with E-state index in [1.54, 1.807) is 0 Å². The molecule has 1 aromatic rings. The van der Waals surface area contributed by atoms with Gasteiger partial charge in [0.15, 0.2) is 5.82 Å². The Hall–Kier alpha value is -0.620. The van der Waals surface area contributed by atoms with Crippen LogP contribution >= 0.6 is 15.9 Å². The van der Waals surface area contributed by atoms with Crippen LogP contribution in [-0.4, -0.2) is 4.98 Å². The summed E-state index contributed by atoms with van der Waals surface area (Å²) in [6.45, 7) is -0.00139. The second-order valence-electron chi connectivity index (χ2n) is 2.30. The van der Waals surface area contributed by atoms with Crippen LogP contribution < -0.4 is 5.73 Å². The lowest BCUT2D eigenvalue weighted by Crippen LogP contribution is -2.05. The molecule has 0 saturated heterocycles. The van der Waals surface area contributed by atoms with E-state index in [1.807, 2.05) is 0 Å². The minimum absolute atomic E-state index is 0.00139. The van der Waals surface area contributed by atoms with Gasteiger partial charge in [-0.25, -0.2) is 18.2 Å². The van der Waals surface area contributed by atoms with Gasteiger partial charge < -0.3 is 5.73 Å². The fraction of sp³-hybridized carbons (Fsp3) is 0.286. The van der Waals surface area contributed by atoms with Gasteiger partial charge in [0.2, 0.25) is 0 Å². The molecule has 0 saturated carbocycles. The number of rotatable bonds is 2. The molecular formula is C7H6BrF3N2. The van der Waals surface area contributed by atoms with Crippen molar-refractivity contribution in [2.75, 3.05) is 0 Å². The fourth-order valence-electron chi connectivity index (χ4n) is 0.817. The van der Waals surface area contributed by atoms with E-state index in [0.717, 1.165) is 0 Å². The Morgan fingerprint density at radius 1 is 1.54 bits per heavy atom. The summed E-state index contributed by atoms with van der Waals surface area (Å²) in [6.07, 6.45) is -2.93. The number of halogens is 4. The second kappa shape index (κ2) is 4.06. The van der Waals surface area contributed by atoms with Gasteiger partial charge in [0, 0.05) is 6.54 Å². The van der Waals surface area contributed by atoms with Crippen LogP contribution in [0.4, 0.5) is 13.2 Å². The summed E-state index contributed by atoms with van der Waals surface area (Å²) in [6, 6.07) is 1.28. The Bertz CT molecular complexity index is 317. The lowest BCUT2D eigenvalue weighted by molar-refractivity contribution is 0.140. The average molecular weight is 255 g/mol. The predicted octanol–water partition coefficient (Wildman–Crippen LogP) is 2.38. The second-order valence-corrected chi connectivity index (χ2v) is 3.15. The molecule has 0 bridgehead atoms. The molecule has 0 aromatic carbocycles. The molecule has 6 heteroatoms. The standard InChI is InChI=1S/C7H6BrF3N2/c8-4-1-3(2-12)13-6(5(4)9)7(10)11/h1,7H,2,12H2. The van der Waals surface area contributed by atoms with Crippen molar-refractivity contribution in [3.8, 4) is 0 Å². The van der Waals surface area contributed by atoms with Crippen LogP contribution in [0.5, 0.6) is 0 Å². The molecule has 0 aliphatic carbocycles. The maximum Gasteiger partial charge on any atom is 0.283 e. The number of nitrogens with zero attached hydrogens (tertiary/aromatic N) is 1. The molecule has 0 radical (unpaired) electrons. The molecule has 0 amide bonds. The third-order valence-corrected chi connectivity index (χ3v) is 1.98. The molecule has 13 heavy (non-hydrogen) atoms. The van der Waals surface area contributed by atoms with Gasteiger partial charge in [-0.15, -0.1) is 0 Å². The Kier molecular flexibility index (Phi) is 3.27. The van der Waals surface area contributed by atoms with Crippen LogP contribution in [0.3, 0.4) is 0 Å². The zero-order valence-corrected chi connectivity index (χ0v) is 7.98. The fourth-order valence-corrected chi connectivity index (χ4v) is 1.28. The minimum atomic E-state index is -2.93. The largest absolute Gasteiger partial charge is 0.325 e. The number of nitrogens with two attached hydrogens (primary N) is 1. The summed E-state index contributed by atoms with van der Waals surface area (Å²) in [5.74, 6) is -1.04. The highest BCUT2D eigenvalue weighted by molar-refractivity contribution is 9.10. The lowest BCUT2D eigenvalue weighted by Gasteiger charge is -2.05. The Labute approximate surface area is 81.1 Å². The first-order chi connectivity index (χ1) is 6.06. The highest BCUT2D eigenvalue weighted by Crippen LogP contribution is 2.25. The third-order valence-electron chi connectivity index (χ3n) is 1.41. The van der Waals surface area contributed by atoms with Gasteiger partial charge in [-0.3, -0.25) is 0 Å². The highest BCUT2D eigenvalue weighted by Gasteiger charge is 2.18. The third kappa shape index (κ3) is 2.19. The van der Waals surface area contributed by atoms with Crippen LogP contribution in [-0.2, 0) is 6.54 Å². The summed E-state index contributed by atoms with van der Waals surface area (Å²) >= 11 is 2.80. The summed E-state index contributed by atoms with van der Waals surface area (Å²) < 4.78 is 37.2. The zero-order valence-electron chi connectivity index (χ0n) is 6.40. The van der Waals surface area contributed by atoms with E-state index in [0.29, 0.717) is 0 Å². The van der Waals surface area contributed by atoms with Crippen molar-refractivity contribution in [3.63, 3.8) is 0 Å². The number of alkyl halides is 2. The molecule has 0 spiro atoms. The molecule has 0 aliphatic heterocycles. The van der Waals surface area contributed by atoms with Crippen LogP contribution in [0, 0.1) is 5.82 Å². The van der Waals surface area contributed by atoms with Crippen LogP contribution in [0.15, 0.2) is 10.5 Å². The molecule has 1 aromatic heterocycles. The van der Waals surface area contributed by atoms with Gasteiger partial charge in [-0.05, 0) is 22.0 Å². The van der Waals surface area contributed by atoms with E-state index in [2.05, 4.69) is 20.9 Å². The van der Waals surface area contributed by atoms with Crippen molar-refractivity contribution in [1.82, 2.24) is 4.98 Å².